The van der Waals surface area contributed by atoms with Crippen molar-refractivity contribution in [3.8, 4) is 5.75 Å². The fourth-order valence-electron chi connectivity index (χ4n) is 3.45. The van der Waals surface area contributed by atoms with Crippen LogP contribution in [0.5, 0.6) is 5.75 Å². The molecular formula is C21H34N2O4. The van der Waals surface area contributed by atoms with Gasteiger partial charge in [0.05, 0.1) is 12.7 Å². The molecule has 0 saturated heterocycles. The first-order valence-corrected chi connectivity index (χ1v) is 9.75. The molecule has 0 heterocycles. The number of amides is 1. The van der Waals surface area contributed by atoms with Crippen molar-refractivity contribution in [2.75, 3.05) is 26.4 Å². The van der Waals surface area contributed by atoms with E-state index in [1.54, 1.807) is 0 Å². The Morgan fingerprint density at radius 3 is 2.63 bits per heavy atom. The molecule has 2 unspecified atom stereocenters. The molecule has 1 amide bonds. The second-order valence-electron chi connectivity index (χ2n) is 7.68. The quantitative estimate of drug-likeness (QED) is 0.612. The van der Waals surface area contributed by atoms with Gasteiger partial charge < -0.3 is 25.3 Å². The fraction of sp³-hybridized carbons (Fsp3) is 0.667. The average molecular weight is 379 g/mol. The summed E-state index contributed by atoms with van der Waals surface area (Å²) in [7, 11) is 0. The largest absolute Gasteiger partial charge is 0.491 e. The van der Waals surface area contributed by atoms with Gasteiger partial charge in [0.2, 0.25) is 5.91 Å². The van der Waals surface area contributed by atoms with Gasteiger partial charge in [-0.15, -0.1) is 0 Å². The Morgan fingerprint density at radius 1 is 1.26 bits per heavy atom. The predicted octanol–water partition coefficient (Wildman–Crippen LogP) is 2.56. The van der Waals surface area contributed by atoms with Gasteiger partial charge in [0, 0.05) is 37.2 Å². The van der Waals surface area contributed by atoms with Gasteiger partial charge in [-0.1, -0.05) is 26.0 Å². The Kier molecular flexibility index (Phi) is 7.25. The number of carbonyl (C=O) groups is 1. The van der Waals surface area contributed by atoms with E-state index in [1.807, 2.05) is 52.8 Å². The third kappa shape index (κ3) is 4.62. The summed E-state index contributed by atoms with van der Waals surface area (Å²) >= 11 is 0. The summed E-state index contributed by atoms with van der Waals surface area (Å²) in [5, 5.41) is 2.99. The van der Waals surface area contributed by atoms with Gasteiger partial charge >= 0.3 is 0 Å². The summed E-state index contributed by atoms with van der Waals surface area (Å²) in [6, 6.07) is 5.96. The fourth-order valence-corrected chi connectivity index (χ4v) is 3.45. The van der Waals surface area contributed by atoms with E-state index >= 15 is 0 Å². The number of nitrogens with two attached hydrogens (primary N) is 1. The summed E-state index contributed by atoms with van der Waals surface area (Å²) in [5.74, 6) is 0.616. The lowest BCUT2D eigenvalue weighted by Gasteiger charge is -2.57. The molecule has 6 nitrogen and oxygen atoms in total. The molecule has 2 rings (SSSR count). The van der Waals surface area contributed by atoms with Gasteiger partial charge in [-0.3, -0.25) is 4.79 Å². The van der Waals surface area contributed by atoms with E-state index in [9.17, 15) is 4.79 Å². The molecule has 0 radical (unpaired) electrons. The minimum Gasteiger partial charge on any atom is -0.491 e. The maximum absolute atomic E-state index is 12.8. The van der Waals surface area contributed by atoms with Gasteiger partial charge in [-0.2, -0.15) is 0 Å². The second kappa shape index (κ2) is 9.04. The Balaban J connectivity index is 1.99. The van der Waals surface area contributed by atoms with Gasteiger partial charge in [-0.05, 0) is 32.4 Å². The Morgan fingerprint density at radius 2 is 2.00 bits per heavy atom. The number of hydrogen-bond acceptors (Lipinski definition) is 5. The Bertz CT molecular complexity index is 647. The van der Waals surface area contributed by atoms with E-state index in [-0.39, 0.29) is 12.0 Å². The van der Waals surface area contributed by atoms with Crippen LogP contribution in [0.4, 0.5) is 0 Å². The number of rotatable bonds is 10. The van der Waals surface area contributed by atoms with Gasteiger partial charge in [0.1, 0.15) is 17.9 Å². The van der Waals surface area contributed by atoms with Crippen molar-refractivity contribution < 1.29 is 19.0 Å². The summed E-state index contributed by atoms with van der Waals surface area (Å²) in [6.07, 6.45) is 0.542. The first-order chi connectivity index (χ1) is 12.8. The standard InChI is InChI=1S/C21H34N2O4/c1-6-25-10-11-27-17-12-15(3)8-9-16(17)14-23-19(24)21(22)13-18(26-7-2)20(21,4)5/h8-9,12,18H,6-7,10-11,13-14,22H2,1-5H3,(H,23,24). The molecule has 1 aromatic rings. The van der Waals surface area contributed by atoms with Crippen molar-refractivity contribution in [3.63, 3.8) is 0 Å². The number of ether oxygens (including phenoxy) is 3. The number of carbonyl (C=O) groups excluding carboxylic acids is 1. The molecule has 1 aromatic carbocycles. The zero-order chi connectivity index (χ0) is 20.1. The predicted molar refractivity (Wildman–Crippen MR) is 106 cm³/mol. The van der Waals surface area contributed by atoms with Crippen LogP contribution in [0, 0.1) is 12.3 Å². The highest BCUT2D eigenvalue weighted by atomic mass is 16.5. The molecule has 0 spiro atoms. The van der Waals surface area contributed by atoms with Crippen LogP contribution in [0.25, 0.3) is 0 Å². The number of benzene rings is 1. The molecular weight excluding hydrogens is 344 g/mol. The van der Waals surface area contributed by atoms with Gasteiger partial charge in [-0.25, -0.2) is 0 Å². The summed E-state index contributed by atoms with van der Waals surface area (Å²) in [4.78, 5) is 12.8. The first kappa shape index (κ1) is 21.7. The molecule has 1 aliphatic carbocycles. The molecule has 6 heteroatoms. The van der Waals surface area contributed by atoms with Gasteiger partial charge in [0.25, 0.3) is 0 Å². The van der Waals surface area contributed by atoms with E-state index in [1.165, 1.54) is 0 Å². The zero-order valence-electron chi connectivity index (χ0n) is 17.3. The van der Waals surface area contributed by atoms with Gasteiger partial charge in [0.15, 0.2) is 0 Å². The maximum atomic E-state index is 12.8. The normalized spacial score (nSPS) is 23.6. The Labute approximate surface area is 162 Å². The number of aryl methyl sites for hydroxylation is 1. The van der Waals surface area contributed by atoms with Crippen molar-refractivity contribution in [1.82, 2.24) is 5.32 Å². The molecule has 0 aromatic heterocycles. The number of hydrogen-bond donors (Lipinski definition) is 2. The lowest BCUT2D eigenvalue weighted by atomic mass is 9.54. The van der Waals surface area contributed by atoms with E-state index in [0.29, 0.717) is 39.4 Å². The van der Waals surface area contributed by atoms with E-state index < -0.39 is 11.0 Å². The second-order valence-corrected chi connectivity index (χ2v) is 7.68. The summed E-state index contributed by atoms with van der Waals surface area (Å²) in [5.41, 5.74) is 7.14. The lowest BCUT2D eigenvalue weighted by molar-refractivity contribution is -0.170. The van der Waals surface area contributed by atoms with Crippen molar-refractivity contribution in [1.29, 1.82) is 0 Å². The smallest absolute Gasteiger partial charge is 0.241 e. The highest BCUT2D eigenvalue weighted by Crippen LogP contribution is 2.49. The molecule has 1 aliphatic rings. The highest BCUT2D eigenvalue weighted by Gasteiger charge is 2.62. The minimum absolute atomic E-state index is 0.00934. The number of nitrogens with one attached hydrogen (secondary N) is 1. The van der Waals surface area contributed by atoms with Crippen LogP contribution in [0.3, 0.4) is 0 Å². The molecule has 3 N–H and O–H groups in total. The average Bonchev–Trinajstić information content (AvgIpc) is 2.63. The molecule has 1 saturated carbocycles. The third-order valence-electron chi connectivity index (χ3n) is 5.59. The third-order valence-corrected chi connectivity index (χ3v) is 5.59. The van der Waals surface area contributed by atoms with Crippen LogP contribution in [0.2, 0.25) is 0 Å². The molecule has 27 heavy (non-hydrogen) atoms. The molecule has 1 fully saturated rings. The first-order valence-electron chi connectivity index (χ1n) is 9.75. The maximum Gasteiger partial charge on any atom is 0.241 e. The van der Waals surface area contributed by atoms with Crippen LogP contribution in [0.1, 0.15) is 45.2 Å². The molecule has 0 aliphatic heterocycles. The van der Waals surface area contributed by atoms with E-state index in [4.69, 9.17) is 19.9 Å². The van der Waals surface area contributed by atoms with Crippen LogP contribution in [0.15, 0.2) is 18.2 Å². The summed E-state index contributed by atoms with van der Waals surface area (Å²) in [6.45, 7) is 12.6. The highest BCUT2D eigenvalue weighted by molar-refractivity contribution is 5.88. The zero-order valence-corrected chi connectivity index (χ0v) is 17.3. The van der Waals surface area contributed by atoms with Crippen LogP contribution in [-0.2, 0) is 20.8 Å². The van der Waals surface area contributed by atoms with E-state index in [0.717, 1.165) is 16.9 Å². The Hall–Kier alpha value is -1.63. The van der Waals surface area contributed by atoms with Crippen molar-refractivity contribution in [2.24, 2.45) is 11.1 Å². The summed E-state index contributed by atoms with van der Waals surface area (Å²) < 4.78 is 16.9. The minimum atomic E-state index is -0.923. The lowest BCUT2D eigenvalue weighted by Crippen LogP contribution is -2.75. The van der Waals surface area contributed by atoms with Crippen LogP contribution >= 0.6 is 0 Å². The molecule has 152 valence electrons. The van der Waals surface area contributed by atoms with Crippen LogP contribution < -0.4 is 15.8 Å². The molecule has 0 bridgehead atoms. The van der Waals surface area contributed by atoms with Crippen LogP contribution in [-0.4, -0.2) is 44.0 Å². The van der Waals surface area contributed by atoms with E-state index in [2.05, 4.69) is 5.32 Å². The van der Waals surface area contributed by atoms with Crippen molar-refractivity contribution in [2.45, 2.75) is 59.2 Å². The SMILES string of the molecule is CCOCCOc1cc(C)ccc1CNC(=O)C1(N)CC(OCC)C1(C)C. The topological polar surface area (TPSA) is 82.8 Å². The molecule has 2 atom stereocenters. The van der Waals surface area contributed by atoms with Crippen molar-refractivity contribution >= 4 is 5.91 Å². The monoisotopic (exact) mass is 378 g/mol. The van der Waals surface area contributed by atoms with Crippen molar-refractivity contribution in [3.05, 3.63) is 29.3 Å².